The van der Waals surface area contributed by atoms with E-state index in [2.05, 4.69) is 0 Å². The zero-order valence-electron chi connectivity index (χ0n) is 16.2. The van der Waals surface area contributed by atoms with Crippen LogP contribution in [0.3, 0.4) is 0 Å². The molecular formula is C24H42. The van der Waals surface area contributed by atoms with Crippen LogP contribution in [0.2, 0.25) is 0 Å². The van der Waals surface area contributed by atoms with Gasteiger partial charge in [-0.1, -0.05) is 96.3 Å². The molecule has 0 aromatic heterocycles. The highest BCUT2D eigenvalue weighted by molar-refractivity contribution is 4.91. The van der Waals surface area contributed by atoms with Gasteiger partial charge in [0.1, 0.15) is 0 Å². The fourth-order valence-electron chi connectivity index (χ4n) is 7.41. The van der Waals surface area contributed by atoms with Gasteiger partial charge in [-0.3, -0.25) is 0 Å². The normalized spacial score (nSPS) is 39.5. The van der Waals surface area contributed by atoms with Crippen molar-refractivity contribution in [3.8, 4) is 0 Å². The third-order valence-corrected chi connectivity index (χ3v) is 8.78. The van der Waals surface area contributed by atoms with Crippen LogP contribution in [0, 0.1) is 35.5 Å². The largest absolute Gasteiger partial charge is 0.0533 e. The highest BCUT2D eigenvalue weighted by Crippen LogP contribution is 2.51. The first-order valence-electron chi connectivity index (χ1n) is 11.9. The second-order valence-corrected chi connectivity index (χ2v) is 10.2. The third-order valence-electron chi connectivity index (χ3n) is 8.78. The molecule has 0 heteroatoms. The van der Waals surface area contributed by atoms with E-state index in [1.807, 2.05) is 0 Å². The maximum absolute atomic E-state index is 1.64. The molecule has 0 aromatic rings. The minimum atomic E-state index is 1.11. The summed E-state index contributed by atoms with van der Waals surface area (Å²) in [4.78, 5) is 0. The van der Waals surface area contributed by atoms with Crippen molar-refractivity contribution in [2.24, 2.45) is 35.5 Å². The maximum atomic E-state index is 1.64. The van der Waals surface area contributed by atoms with Gasteiger partial charge in [0.2, 0.25) is 0 Å². The first-order chi connectivity index (χ1) is 11.9. The molecule has 4 fully saturated rings. The Bertz CT molecular complexity index is 360. The molecule has 4 rings (SSSR count). The molecule has 138 valence electrons. The summed E-state index contributed by atoms with van der Waals surface area (Å²) in [5.74, 6) is 6.75. The van der Waals surface area contributed by atoms with Crippen LogP contribution in [0.1, 0.15) is 116 Å². The first kappa shape index (κ1) is 17.4. The van der Waals surface area contributed by atoms with Crippen molar-refractivity contribution in [3.63, 3.8) is 0 Å². The number of fused-ring (bicyclic) bond motifs is 1. The van der Waals surface area contributed by atoms with Gasteiger partial charge in [0.05, 0.1) is 0 Å². The number of hydrogen-bond donors (Lipinski definition) is 0. The average molecular weight is 331 g/mol. The van der Waals surface area contributed by atoms with E-state index >= 15 is 0 Å². The van der Waals surface area contributed by atoms with E-state index in [1.165, 1.54) is 25.7 Å². The van der Waals surface area contributed by atoms with Gasteiger partial charge in [-0.2, -0.15) is 0 Å². The zero-order chi connectivity index (χ0) is 16.2. The molecule has 0 radical (unpaired) electrons. The topological polar surface area (TPSA) is 0 Å². The molecular weight excluding hydrogens is 288 g/mol. The summed E-state index contributed by atoms with van der Waals surface area (Å²) in [6.45, 7) is 0. The van der Waals surface area contributed by atoms with E-state index in [1.54, 1.807) is 89.9 Å². The van der Waals surface area contributed by atoms with Gasteiger partial charge < -0.3 is 0 Å². The van der Waals surface area contributed by atoms with E-state index in [0.717, 1.165) is 35.5 Å². The lowest BCUT2D eigenvalue weighted by molar-refractivity contribution is 0.0270. The highest BCUT2D eigenvalue weighted by Gasteiger charge is 2.41. The van der Waals surface area contributed by atoms with Crippen molar-refractivity contribution in [2.75, 3.05) is 0 Å². The molecule has 0 heterocycles. The molecule has 4 unspecified atom stereocenters. The van der Waals surface area contributed by atoms with Gasteiger partial charge in [0.15, 0.2) is 0 Å². The van der Waals surface area contributed by atoms with Gasteiger partial charge in [-0.05, 0) is 54.8 Å². The Morgan fingerprint density at radius 2 is 1.00 bits per heavy atom. The summed E-state index contributed by atoms with van der Waals surface area (Å²) in [5.41, 5.74) is 0. The standard InChI is InChI=1S/C24H42/c1-3-9-19(10-4-1)15-16-23-17-21-13-7-8-14-22(21)18-24(23)20-11-5-2-6-12-20/h19-24H,1-18H2. The predicted molar refractivity (Wildman–Crippen MR) is 104 cm³/mol. The lowest BCUT2D eigenvalue weighted by atomic mass is 9.58. The van der Waals surface area contributed by atoms with Crippen molar-refractivity contribution < 1.29 is 0 Å². The summed E-state index contributed by atoms with van der Waals surface area (Å²) in [6.07, 6.45) is 28.2. The van der Waals surface area contributed by atoms with Gasteiger partial charge in [0, 0.05) is 0 Å². The van der Waals surface area contributed by atoms with E-state index < -0.39 is 0 Å². The molecule has 0 aromatic carbocycles. The third kappa shape index (κ3) is 4.21. The first-order valence-corrected chi connectivity index (χ1v) is 11.9. The van der Waals surface area contributed by atoms with Gasteiger partial charge in [-0.25, -0.2) is 0 Å². The molecule has 0 nitrogen and oxygen atoms in total. The fourth-order valence-corrected chi connectivity index (χ4v) is 7.41. The van der Waals surface area contributed by atoms with Gasteiger partial charge in [-0.15, -0.1) is 0 Å². The smallest absolute Gasteiger partial charge is 0.0355 e. The van der Waals surface area contributed by atoms with Crippen LogP contribution in [-0.4, -0.2) is 0 Å². The van der Waals surface area contributed by atoms with E-state index in [-0.39, 0.29) is 0 Å². The molecule has 4 aliphatic carbocycles. The van der Waals surface area contributed by atoms with Crippen LogP contribution >= 0.6 is 0 Å². The van der Waals surface area contributed by atoms with Gasteiger partial charge >= 0.3 is 0 Å². The molecule has 24 heavy (non-hydrogen) atoms. The van der Waals surface area contributed by atoms with Crippen LogP contribution in [-0.2, 0) is 0 Å². The van der Waals surface area contributed by atoms with E-state index in [0.29, 0.717) is 0 Å². The molecule has 4 aliphatic rings. The van der Waals surface area contributed by atoms with Crippen LogP contribution in [0.5, 0.6) is 0 Å². The van der Waals surface area contributed by atoms with Gasteiger partial charge in [0.25, 0.3) is 0 Å². The average Bonchev–Trinajstić information content (AvgIpc) is 2.67. The van der Waals surface area contributed by atoms with Crippen LogP contribution in [0.15, 0.2) is 0 Å². The molecule has 0 N–H and O–H groups in total. The van der Waals surface area contributed by atoms with Crippen molar-refractivity contribution >= 4 is 0 Å². The highest BCUT2D eigenvalue weighted by atomic mass is 14.5. The lowest BCUT2D eigenvalue weighted by Crippen LogP contribution is -2.38. The van der Waals surface area contributed by atoms with Crippen LogP contribution in [0.4, 0.5) is 0 Å². The fraction of sp³-hybridized carbons (Fsp3) is 1.00. The van der Waals surface area contributed by atoms with Crippen LogP contribution in [0.25, 0.3) is 0 Å². The molecule has 0 amide bonds. The monoisotopic (exact) mass is 330 g/mol. The summed E-state index contributed by atoms with van der Waals surface area (Å²) in [6, 6.07) is 0. The Morgan fingerprint density at radius 3 is 1.71 bits per heavy atom. The second-order valence-electron chi connectivity index (χ2n) is 10.2. The SMILES string of the molecule is C1CCC(CCC2CC3CCCCC3CC2C2CCCCC2)CC1. The number of rotatable bonds is 4. The Balaban J connectivity index is 1.38. The van der Waals surface area contributed by atoms with Crippen LogP contribution < -0.4 is 0 Å². The zero-order valence-corrected chi connectivity index (χ0v) is 16.2. The second kappa shape index (κ2) is 8.59. The van der Waals surface area contributed by atoms with Crippen molar-refractivity contribution in [2.45, 2.75) is 116 Å². The van der Waals surface area contributed by atoms with E-state index in [9.17, 15) is 0 Å². The van der Waals surface area contributed by atoms with E-state index in [4.69, 9.17) is 0 Å². The minimum absolute atomic E-state index is 1.11. The Hall–Kier alpha value is 0. The molecule has 4 atom stereocenters. The Labute approximate surface area is 151 Å². The number of hydrogen-bond acceptors (Lipinski definition) is 0. The summed E-state index contributed by atoms with van der Waals surface area (Å²) in [7, 11) is 0. The van der Waals surface area contributed by atoms with Crippen molar-refractivity contribution in [1.29, 1.82) is 0 Å². The predicted octanol–water partition coefficient (Wildman–Crippen LogP) is 7.76. The quantitative estimate of drug-likeness (QED) is 0.494. The van der Waals surface area contributed by atoms with Crippen molar-refractivity contribution in [1.82, 2.24) is 0 Å². The Kier molecular flexibility index (Phi) is 6.23. The lowest BCUT2D eigenvalue weighted by Gasteiger charge is -2.48. The summed E-state index contributed by atoms with van der Waals surface area (Å²) >= 11 is 0. The molecule has 0 spiro atoms. The Morgan fingerprint density at radius 1 is 0.458 bits per heavy atom. The molecule has 0 bridgehead atoms. The summed E-state index contributed by atoms with van der Waals surface area (Å²) in [5, 5.41) is 0. The molecule has 0 aliphatic heterocycles. The molecule has 4 saturated carbocycles. The van der Waals surface area contributed by atoms with Crippen molar-refractivity contribution in [3.05, 3.63) is 0 Å². The maximum Gasteiger partial charge on any atom is -0.0355 e. The summed E-state index contributed by atoms with van der Waals surface area (Å²) < 4.78 is 0. The molecule has 0 saturated heterocycles. The minimum Gasteiger partial charge on any atom is -0.0533 e.